The van der Waals surface area contributed by atoms with Crippen molar-refractivity contribution in [3.63, 3.8) is 0 Å². The normalized spacial score (nSPS) is 11.6. The number of carbonyl (C=O) groups excluding carboxylic acids is 2. The van der Waals surface area contributed by atoms with E-state index in [0.29, 0.717) is 5.56 Å². The van der Waals surface area contributed by atoms with Crippen LogP contribution in [0.1, 0.15) is 5.56 Å². The summed E-state index contributed by atoms with van der Waals surface area (Å²) in [5, 5.41) is 2.65. The molecule has 1 rings (SSSR count). The van der Waals surface area contributed by atoms with Gasteiger partial charge in [0.25, 0.3) is 10.1 Å². The maximum absolute atomic E-state index is 11.7. The largest absolute Gasteiger partial charge is 0.495 e. The molecular formula is C14H17NO8S. The molecule has 0 aliphatic heterocycles. The monoisotopic (exact) mass is 359 g/mol. The average Bonchev–Trinajstić information content (AvgIpc) is 2.53. The summed E-state index contributed by atoms with van der Waals surface area (Å²) in [4.78, 5) is 22.6. The van der Waals surface area contributed by atoms with Gasteiger partial charge in [-0.1, -0.05) is 0 Å². The van der Waals surface area contributed by atoms with Gasteiger partial charge in [0.2, 0.25) is 0 Å². The highest BCUT2D eigenvalue weighted by Gasteiger charge is 2.20. The molecule has 0 atom stereocenters. The van der Waals surface area contributed by atoms with Gasteiger partial charge >= 0.3 is 11.9 Å². The maximum Gasteiger partial charge on any atom is 0.354 e. The summed E-state index contributed by atoms with van der Waals surface area (Å²) in [5.74, 6) is -1.77. The van der Waals surface area contributed by atoms with Crippen LogP contribution in [0.25, 0.3) is 0 Å². The summed E-state index contributed by atoms with van der Waals surface area (Å²) in [7, 11) is -1.00. The summed E-state index contributed by atoms with van der Waals surface area (Å²) < 4.78 is 45.8. The van der Waals surface area contributed by atoms with Crippen LogP contribution in [-0.2, 0) is 29.2 Å². The number of carbonyl (C=O) groups is 2. The number of benzene rings is 1. The SMILES string of the molecule is COC(=O)/C=C(/Nc1cc(OC)c(S(=O)(=O)O)cc1C)C(=O)OC. The molecule has 0 aliphatic carbocycles. The van der Waals surface area contributed by atoms with Gasteiger partial charge in [-0.05, 0) is 18.6 Å². The van der Waals surface area contributed by atoms with Crippen LogP contribution in [0.5, 0.6) is 5.75 Å². The van der Waals surface area contributed by atoms with E-state index in [2.05, 4.69) is 14.8 Å². The molecule has 10 heteroatoms. The Kier molecular flexibility index (Phi) is 6.32. The van der Waals surface area contributed by atoms with Crippen LogP contribution in [0.2, 0.25) is 0 Å². The van der Waals surface area contributed by atoms with Crippen molar-refractivity contribution in [2.24, 2.45) is 0 Å². The Balaban J connectivity index is 3.38. The van der Waals surface area contributed by atoms with Crippen LogP contribution >= 0.6 is 0 Å². The van der Waals surface area contributed by atoms with Gasteiger partial charge in [0.1, 0.15) is 16.3 Å². The summed E-state index contributed by atoms with van der Waals surface area (Å²) in [6, 6.07) is 2.41. The van der Waals surface area contributed by atoms with Gasteiger partial charge in [0.15, 0.2) is 0 Å². The number of hydrogen-bond acceptors (Lipinski definition) is 8. The summed E-state index contributed by atoms with van der Waals surface area (Å²) >= 11 is 0. The molecule has 24 heavy (non-hydrogen) atoms. The van der Waals surface area contributed by atoms with Gasteiger partial charge in [-0.3, -0.25) is 4.55 Å². The van der Waals surface area contributed by atoms with E-state index in [9.17, 15) is 22.6 Å². The molecule has 0 amide bonds. The van der Waals surface area contributed by atoms with Crippen LogP contribution < -0.4 is 10.1 Å². The third-order valence-corrected chi connectivity index (χ3v) is 3.80. The summed E-state index contributed by atoms with van der Waals surface area (Å²) in [6.07, 6.45) is 0.883. The molecule has 0 bridgehead atoms. The number of esters is 2. The Morgan fingerprint density at radius 1 is 1.17 bits per heavy atom. The third kappa shape index (κ3) is 4.70. The molecule has 0 unspecified atom stereocenters. The van der Waals surface area contributed by atoms with Gasteiger partial charge in [-0.2, -0.15) is 8.42 Å². The first kappa shape index (κ1) is 19.5. The predicted octanol–water partition coefficient (Wildman–Crippen LogP) is 0.892. The molecule has 9 nitrogen and oxygen atoms in total. The standard InChI is InChI=1S/C14H17NO8S/c1-8-5-12(24(18,19)20)11(21-2)6-9(8)15-10(14(17)23-4)7-13(16)22-3/h5-7,15H,1-4H3,(H,18,19,20)/b10-7+. The van der Waals surface area contributed by atoms with E-state index >= 15 is 0 Å². The van der Waals surface area contributed by atoms with Gasteiger partial charge in [-0.15, -0.1) is 0 Å². The van der Waals surface area contributed by atoms with Crippen LogP contribution in [0.3, 0.4) is 0 Å². The molecule has 132 valence electrons. The lowest BCUT2D eigenvalue weighted by molar-refractivity contribution is -0.138. The second-order valence-electron chi connectivity index (χ2n) is 4.49. The van der Waals surface area contributed by atoms with Crippen molar-refractivity contribution >= 4 is 27.7 Å². The van der Waals surface area contributed by atoms with Crippen molar-refractivity contribution < 1.29 is 36.8 Å². The molecule has 0 saturated heterocycles. The third-order valence-electron chi connectivity index (χ3n) is 2.93. The van der Waals surface area contributed by atoms with Crippen molar-refractivity contribution in [2.45, 2.75) is 11.8 Å². The maximum atomic E-state index is 11.7. The second-order valence-corrected chi connectivity index (χ2v) is 5.88. The minimum Gasteiger partial charge on any atom is -0.495 e. The molecular weight excluding hydrogens is 342 g/mol. The Morgan fingerprint density at radius 2 is 1.79 bits per heavy atom. The zero-order valence-corrected chi connectivity index (χ0v) is 14.3. The van der Waals surface area contributed by atoms with E-state index in [1.165, 1.54) is 20.1 Å². The molecule has 0 fully saturated rings. The number of rotatable bonds is 6. The summed E-state index contributed by atoms with van der Waals surface area (Å²) in [5.41, 5.74) is 0.400. The molecule has 1 aromatic carbocycles. The fraction of sp³-hybridized carbons (Fsp3) is 0.286. The molecule has 2 N–H and O–H groups in total. The highest BCUT2D eigenvalue weighted by molar-refractivity contribution is 7.86. The highest BCUT2D eigenvalue weighted by Crippen LogP contribution is 2.31. The van der Waals surface area contributed by atoms with Crippen molar-refractivity contribution in [1.29, 1.82) is 0 Å². The lowest BCUT2D eigenvalue weighted by atomic mass is 10.2. The van der Waals surface area contributed by atoms with Crippen molar-refractivity contribution in [3.05, 3.63) is 29.5 Å². The number of anilines is 1. The Bertz CT molecular complexity index is 782. The Labute approximate surface area is 139 Å². The molecule has 0 aliphatic rings. The van der Waals surface area contributed by atoms with Crippen LogP contribution in [0, 0.1) is 6.92 Å². The van der Waals surface area contributed by atoms with Gasteiger partial charge in [0, 0.05) is 11.8 Å². The number of nitrogens with one attached hydrogen (secondary N) is 1. The van der Waals surface area contributed by atoms with Gasteiger partial charge in [0.05, 0.1) is 27.4 Å². The second kappa shape index (κ2) is 7.79. The van der Waals surface area contributed by atoms with Gasteiger partial charge in [-0.25, -0.2) is 9.59 Å². The topological polar surface area (TPSA) is 128 Å². The van der Waals surface area contributed by atoms with Crippen LogP contribution in [0.4, 0.5) is 5.69 Å². The minimum atomic E-state index is -4.49. The zero-order chi connectivity index (χ0) is 18.5. The number of aryl methyl sites for hydroxylation is 1. The fourth-order valence-corrected chi connectivity index (χ4v) is 2.46. The first-order valence-corrected chi connectivity index (χ1v) is 7.89. The van der Waals surface area contributed by atoms with E-state index in [-0.39, 0.29) is 17.1 Å². The lowest BCUT2D eigenvalue weighted by Crippen LogP contribution is -2.16. The van der Waals surface area contributed by atoms with Crippen molar-refractivity contribution in [1.82, 2.24) is 0 Å². The van der Waals surface area contributed by atoms with Crippen LogP contribution in [0.15, 0.2) is 28.8 Å². The highest BCUT2D eigenvalue weighted by atomic mass is 32.2. The van der Waals surface area contributed by atoms with Crippen molar-refractivity contribution in [2.75, 3.05) is 26.6 Å². The molecule has 1 aromatic rings. The van der Waals surface area contributed by atoms with E-state index < -0.39 is 27.0 Å². The molecule has 0 heterocycles. The van der Waals surface area contributed by atoms with E-state index in [4.69, 9.17) is 4.74 Å². The number of ether oxygens (including phenoxy) is 3. The van der Waals surface area contributed by atoms with E-state index in [1.54, 1.807) is 0 Å². The van der Waals surface area contributed by atoms with E-state index in [1.807, 2.05) is 0 Å². The Hall–Kier alpha value is -2.59. The Morgan fingerprint density at radius 3 is 2.25 bits per heavy atom. The molecule has 0 spiro atoms. The molecule has 0 aromatic heterocycles. The van der Waals surface area contributed by atoms with Gasteiger partial charge < -0.3 is 19.5 Å². The predicted molar refractivity (Wildman–Crippen MR) is 83.3 cm³/mol. The molecule has 0 radical (unpaired) electrons. The first-order chi connectivity index (χ1) is 11.1. The number of hydrogen-bond donors (Lipinski definition) is 2. The molecule has 0 saturated carbocycles. The zero-order valence-electron chi connectivity index (χ0n) is 13.4. The fourth-order valence-electron chi connectivity index (χ4n) is 1.74. The first-order valence-electron chi connectivity index (χ1n) is 6.45. The van der Waals surface area contributed by atoms with Crippen LogP contribution in [-0.4, -0.2) is 46.2 Å². The number of methoxy groups -OCH3 is 3. The smallest absolute Gasteiger partial charge is 0.354 e. The quantitative estimate of drug-likeness (QED) is 0.432. The van der Waals surface area contributed by atoms with E-state index in [0.717, 1.165) is 26.4 Å². The minimum absolute atomic E-state index is 0.145. The lowest BCUT2D eigenvalue weighted by Gasteiger charge is -2.14. The summed E-state index contributed by atoms with van der Waals surface area (Å²) in [6.45, 7) is 1.53. The average molecular weight is 359 g/mol. The van der Waals surface area contributed by atoms with Crippen molar-refractivity contribution in [3.8, 4) is 5.75 Å².